The van der Waals surface area contributed by atoms with Crippen molar-refractivity contribution in [3.63, 3.8) is 0 Å². The largest absolute Gasteiger partial charge is 0.383 e. The van der Waals surface area contributed by atoms with Crippen molar-refractivity contribution < 1.29 is 9.53 Å². The van der Waals surface area contributed by atoms with Gasteiger partial charge in [0.2, 0.25) is 0 Å². The van der Waals surface area contributed by atoms with Crippen molar-refractivity contribution in [2.45, 2.75) is 53.0 Å². The molecule has 0 saturated carbocycles. The molecule has 3 heterocycles. The van der Waals surface area contributed by atoms with Gasteiger partial charge in [0.05, 0.1) is 18.1 Å². The van der Waals surface area contributed by atoms with E-state index in [1.807, 2.05) is 6.08 Å². The van der Waals surface area contributed by atoms with E-state index in [2.05, 4.69) is 24.8 Å². The van der Waals surface area contributed by atoms with E-state index in [1.165, 1.54) is 11.8 Å². The van der Waals surface area contributed by atoms with Crippen LogP contribution < -0.4 is 10.5 Å². The number of thiocarbonyl (C=S) groups is 1. The highest BCUT2D eigenvalue weighted by atomic mass is 32.2. The number of carbonyl (C=O) groups excluding carboxylic acids is 1. The summed E-state index contributed by atoms with van der Waals surface area (Å²) in [5.74, 6) is 1.16. The van der Waals surface area contributed by atoms with Crippen LogP contribution in [0.4, 0.5) is 5.82 Å². The van der Waals surface area contributed by atoms with Gasteiger partial charge in [-0.1, -0.05) is 44.2 Å². The normalized spacial score (nSPS) is 20.1. The van der Waals surface area contributed by atoms with Crippen LogP contribution in [0.15, 0.2) is 9.70 Å². The summed E-state index contributed by atoms with van der Waals surface area (Å²) in [7, 11) is 1.59. The molecule has 1 aromatic heterocycles. The molecule has 2 fully saturated rings. The SMILES string of the molecule is CCCCn1c(N2CCCC(C)C2)c(/C=C2\SC(=S)N(CCOC)C2=O)c(C)c(C#N)c1=O. The minimum Gasteiger partial charge on any atom is -0.383 e. The molecule has 0 spiro atoms. The molecule has 1 amide bonds. The minimum absolute atomic E-state index is 0.140. The van der Waals surface area contributed by atoms with Crippen LogP contribution in [0.25, 0.3) is 6.08 Å². The standard InChI is InChI=1S/C24H32N4O3S2/c1-5-6-10-27-21(26-9-7-8-16(2)15-26)18(17(3)19(14-25)22(27)29)13-20-23(30)28(11-12-31-4)24(32)33-20/h13,16H,5-12,15H2,1-4H3/b20-13-. The fourth-order valence-corrected chi connectivity index (χ4v) is 5.69. The van der Waals surface area contributed by atoms with Crippen LogP contribution >= 0.6 is 24.0 Å². The lowest BCUT2D eigenvalue weighted by molar-refractivity contribution is -0.122. The number of nitriles is 1. The molecule has 0 aromatic carbocycles. The van der Waals surface area contributed by atoms with Gasteiger partial charge in [0, 0.05) is 32.3 Å². The third-order valence-electron chi connectivity index (χ3n) is 6.21. The van der Waals surface area contributed by atoms with E-state index in [0.717, 1.165) is 50.2 Å². The summed E-state index contributed by atoms with van der Waals surface area (Å²) < 4.78 is 7.36. The number of hydrogen-bond acceptors (Lipinski definition) is 7. The van der Waals surface area contributed by atoms with Crippen LogP contribution in [-0.2, 0) is 16.1 Å². The summed E-state index contributed by atoms with van der Waals surface area (Å²) in [6, 6.07) is 2.12. The Morgan fingerprint density at radius 1 is 1.33 bits per heavy atom. The predicted octanol–water partition coefficient (Wildman–Crippen LogP) is 3.91. The lowest BCUT2D eigenvalue weighted by Gasteiger charge is -2.36. The molecule has 7 nitrogen and oxygen atoms in total. The van der Waals surface area contributed by atoms with Crippen molar-refractivity contribution in [1.82, 2.24) is 9.47 Å². The maximum atomic E-state index is 13.3. The van der Waals surface area contributed by atoms with Crippen LogP contribution in [0.2, 0.25) is 0 Å². The number of aromatic nitrogens is 1. The van der Waals surface area contributed by atoms with Gasteiger partial charge in [0.1, 0.15) is 21.8 Å². The molecule has 2 aliphatic rings. The van der Waals surface area contributed by atoms with Crippen molar-refractivity contribution in [3.05, 3.63) is 31.9 Å². The van der Waals surface area contributed by atoms with Gasteiger partial charge in [-0.15, -0.1) is 0 Å². The summed E-state index contributed by atoms with van der Waals surface area (Å²) in [4.78, 5) is 30.7. The Morgan fingerprint density at radius 3 is 2.73 bits per heavy atom. The van der Waals surface area contributed by atoms with Crippen molar-refractivity contribution in [1.29, 1.82) is 5.26 Å². The van der Waals surface area contributed by atoms with Crippen LogP contribution in [-0.4, -0.2) is 53.0 Å². The van der Waals surface area contributed by atoms with Crippen molar-refractivity contribution in [3.8, 4) is 6.07 Å². The molecule has 178 valence electrons. The molecule has 3 rings (SSSR count). The van der Waals surface area contributed by atoms with E-state index >= 15 is 0 Å². The van der Waals surface area contributed by atoms with Gasteiger partial charge in [0.15, 0.2) is 0 Å². The van der Waals surface area contributed by atoms with Gasteiger partial charge >= 0.3 is 0 Å². The van der Waals surface area contributed by atoms with Crippen molar-refractivity contribution in [2.24, 2.45) is 5.92 Å². The average Bonchev–Trinajstić information content (AvgIpc) is 3.05. The first-order valence-electron chi connectivity index (χ1n) is 11.5. The van der Waals surface area contributed by atoms with E-state index in [9.17, 15) is 14.9 Å². The molecule has 2 saturated heterocycles. The van der Waals surface area contributed by atoms with Gasteiger partial charge in [-0.2, -0.15) is 5.26 Å². The fourth-order valence-electron chi connectivity index (χ4n) is 4.40. The monoisotopic (exact) mass is 488 g/mol. The number of anilines is 1. The van der Waals surface area contributed by atoms with E-state index in [4.69, 9.17) is 17.0 Å². The molecular weight excluding hydrogens is 456 g/mol. The predicted molar refractivity (Wildman–Crippen MR) is 137 cm³/mol. The Bertz CT molecular complexity index is 1060. The third kappa shape index (κ3) is 5.34. The molecule has 0 N–H and O–H groups in total. The van der Waals surface area contributed by atoms with Gasteiger partial charge in [-0.05, 0) is 43.7 Å². The number of piperidine rings is 1. The first kappa shape index (κ1) is 25.5. The van der Waals surface area contributed by atoms with E-state index < -0.39 is 0 Å². The maximum absolute atomic E-state index is 13.3. The van der Waals surface area contributed by atoms with Gasteiger partial charge in [-0.25, -0.2) is 0 Å². The molecule has 33 heavy (non-hydrogen) atoms. The number of unbranched alkanes of at least 4 members (excludes halogenated alkanes) is 1. The minimum atomic E-state index is -0.249. The number of methoxy groups -OCH3 is 1. The number of rotatable bonds is 8. The van der Waals surface area contributed by atoms with E-state index in [0.29, 0.717) is 40.4 Å². The zero-order valence-electron chi connectivity index (χ0n) is 19.8. The summed E-state index contributed by atoms with van der Waals surface area (Å²) >= 11 is 6.69. The highest BCUT2D eigenvalue weighted by molar-refractivity contribution is 8.26. The summed E-state index contributed by atoms with van der Waals surface area (Å²) in [5.41, 5.74) is 1.27. The number of thioether (sulfide) groups is 1. The Kier molecular flexibility index (Phi) is 8.74. The molecule has 1 unspecified atom stereocenters. The molecule has 2 aliphatic heterocycles. The van der Waals surface area contributed by atoms with Gasteiger partial charge in [-0.3, -0.25) is 19.1 Å². The first-order chi connectivity index (χ1) is 15.8. The van der Waals surface area contributed by atoms with Crippen LogP contribution in [0.5, 0.6) is 0 Å². The fraction of sp³-hybridized carbons (Fsp3) is 0.583. The van der Waals surface area contributed by atoms with Crippen molar-refractivity contribution >= 4 is 46.1 Å². The molecule has 1 atom stereocenters. The molecule has 0 bridgehead atoms. The Hall–Kier alpha value is -2.15. The Balaban J connectivity index is 2.20. The second-order valence-corrected chi connectivity index (χ2v) is 10.4. The third-order valence-corrected chi connectivity index (χ3v) is 7.58. The highest BCUT2D eigenvalue weighted by Crippen LogP contribution is 2.36. The van der Waals surface area contributed by atoms with E-state index in [1.54, 1.807) is 23.5 Å². The number of nitrogens with zero attached hydrogens (tertiary/aromatic N) is 4. The van der Waals surface area contributed by atoms with Crippen LogP contribution in [0.3, 0.4) is 0 Å². The van der Waals surface area contributed by atoms with E-state index in [-0.39, 0.29) is 17.0 Å². The number of pyridine rings is 1. The molecule has 0 aliphatic carbocycles. The smallest absolute Gasteiger partial charge is 0.270 e. The summed E-state index contributed by atoms with van der Waals surface area (Å²) in [5, 5.41) is 9.80. The second-order valence-electron chi connectivity index (χ2n) is 8.68. The van der Waals surface area contributed by atoms with Crippen LogP contribution in [0, 0.1) is 24.2 Å². The lowest BCUT2D eigenvalue weighted by atomic mass is 9.98. The van der Waals surface area contributed by atoms with Gasteiger partial charge < -0.3 is 9.64 Å². The lowest BCUT2D eigenvalue weighted by Crippen LogP contribution is -2.40. The average molecular weight is 489 g/mol. The highest BCUT2D eigenvalue weighted by Gasteiger charge is 2.33. The number of amides is 1. The van der Waals surface area contributed by atoms with Crippen LogP contribution in [0.1, 0.15) is 56.2 Å². The molecule has 9 heteroatoms. The Morgan fingerprint density at radius 2 is 2.09 bits per heavy atom. The molecule has 0 radical (unpaired) electrons. The zero-order valence-corrected chi connectivity index (χ0v) is 21.5. The van der Waals surface area contributed by atoms with Gasteiger partial charge in [0.25, 0.3) is 11.5 Å². The number of ether oxygens (including phenoxy) is 1. The zero-order chi connectivity index (χ0) is 24.1. The Labute approximate surface area is 205 Å². The van der Waals surface area contributed by atoms with Crippen molar-refractivity contribution in [2.75, 3.05) is 38.3 Å². The quantitative estimate of drug-likeness (QED) is 0.405. The molecular formula is C24H32N4O3S2. The topological polar surface area (TPSA) is 78.6 Å². The first-order valence-corrected chi connectivity index (χ1v) is 12.7. The number of hydrogen-bond donors (Lipinski definition) is 0. The maximum Gasteiger partial charge on any atom is 0.270 e. The number of carbonyl (C=O) groups is 1. The summed E-state index contributed by atoms with van der Waals surface area (Å²) in [6.07, 6.45) is 5.80. The molecule has 1 aromatic rings. The second kappa shape index (κ2) is 11.3. The summed E-state index contributed by atoms with van der Waals surface area (Å²) in [6.45, 7) is 9.13.